The number of hydrogen-bond donors (Lipinski definition) is 3. The van der Waals surface area contributed by atoms with Gasteiger partial charge in [-0.05, 0) is 35.4 Å². The highest BCUT2D eigenvalue weighted by molar-refractivity contribution is 7.89. The molecule has 0 fully saturated rings. The Bertz CT molecular complexity index is 869. The summed E-state index contributed by atoms with van der Waals surface area (Å²) in [6.45, 7) is 1.68. The molecule has 7 nitrogen and oxygen atoms in total. The van der Waals surface area contributed by atoms with Gasteiger partial charge in [0.05, 0.1) is 11.5 Å². The molecule has 0 aliphatic carbocycles. The van der Waals surface area contributed by atoms with E-state index in [1.165, 1.54) is 7.11 Å². The van der Waals surface area contributed by atoms with Crippen LogP contribution in [0, 0.1) is 0 Å². The largest absolute Gasteiger partial charge is 0.383 e. The summed E-state index contributed by atoms with van der Waals surface area (Å²) in [5, 5.41) is 7.12. The first kappa shape index (κ1) is 22.2. The van der Waals surface area contributed by atoms with Crippen LogP contribution >= 0.6 is 11.6 Å². The average molecular weight is 425 g/mol. The zero-order valence-electron chi connectivity index (χ0n) is 15.9. The number of sulfonamides is 1. The summed E-state index contributed by atoms with van der Waals surface area (Å²) in [7, 11) is -0.308. The number of ether oxygens (including phenoxy) is 1. The van der Waals surface area contributed by atoms with Crippen molar-refractivity contribution >= 4 is 27.6 Å². The maximum Gasteiger partial charge on any atom is 0.240 e. The lowest BCUT2D eigenvalue weighted by atomic mass is 10.2. The maximum absolute atomic E-state index is 12.2. The standard InChI is InChI=1S/C19H25ClN4O3S/c1-21-19(22-13-15-3-7-17(20)8-4-15)23-14-16-5-9-18(10-6-16)28(25,26)24-11-12-27-2/h3-10,24H,11-14H2,1-2H3,(H2,21,22,23). The highest BCUT2D eigenvalue weighted by Gasteiger charge is 2.12. The monoisotopic (exact) mass is 424 g/mol. The number of rotatable bonds is 9. The van der Waals surface area contributed by atoms with Crippen LogP contribution < -0.4 is 15.4 Å². The van der Waals surface area contributed by atoms with E-state index in [0.717, 1.165) is 11.1 Å². The zero-order chi connectivity index (χ0) is 20.4. The lowest BCUT2D eigenvalue weighted by molar-refractivity contribution is 0.204. The van der Waals surface area contributed by atoms with Gasteiger partial charge >= 0.3 is 0 Å². The highest BCUT2D eigenvalue weighted by atomic mass is 35.5. The number of halogens is 1. The van der Waals surface area contributed by atoms with Crippen LogP contribution in [0.25, 0.3) is 0 Å². The minimum absolute atomic E-state index is 0.220. The summed E-state index contributed by atoms with van der Waals surface area (Å²) in [5.74, 6) is 0.646. The van der Waals surface area contributed by atoms with E-state index in [4.69, 9.17) is 16.3 Å². The predicted octanol–water partition coefficient (Wildman–Crippen LogP) is 2.13. The van der Waals surface area contributed by atoms with Gasteiger partial charge in [-0.2, -0.15) is 0 Å². The minimum atomic E-state index is -3.52. The second-order valence-electron chi connectivity index (χ2n) is 5.94. The first-order valence-electron chi connectivity index (χ1n) is 8.71. The van der Waals surface area contributed by atoms with E-state index in [0.29, 0.717) is 30.7 Å². The van der Waals surface area contributed by atoms with Crippen LogP contribution in [0.3, 0.4) is 0 Å². The molecule has 0 heterocycles. The van der Waals surface area contributed by atoms with Crippen molar-refractivity contribution in [3.63, 3.8) is 0 Å². The van der Waals surface area contributed by atoms with Crippen molar-refractivity contribution in [2.24, 2.45) is 4.99 Å². The maximum atomic E-state index is 12.2. The molecule has 2 aromatic rings. The van der Waals surface area contributed by atoms with Crippen LogP contribution in [0.5, 0.6) is 0 Å². The second-order valence-corrected chi connectivity index (χ2v) is 8.14. The topological polar surface area (TPSA) is 91.8 Å². The number of nitrogens with zero attached hydrogens (tertiary/aromatic N) is 1. The number of hydrogen-bond acceptors (Lipinski definition) is 4. The Kier molecular flexibility index (Phi) is 8.72. The molecule has 9 heteroatoms. The van der Waals surface area contributed by atoms with E-state index in [9.17, 15) is 8.42 Å². The van der Waals surface area contributed by atoms with Crippen molar-refractivity contribution in [1.29, 1.82) is 0 Å². The third-order valence-corrected chi connectivity index (χ3v) is 5.62. The van der Waals surface area contributed by atoms with Gasteiger partial charge < -0.3 is 15.4 Å². The lowest BCUT2D eigenvalue weighted by Crippen LogP contribution is -2.36. The van der Waals surface area contributed by atoms with E-state index in [1.54, 1.807) is 31.3 Å². The highest BCUT2D eigenvalue weighted by Crippen LogP contribution is 2.11. The Balaban J connectivity index is 1.86. The van der Waals surface area contributed by atoms with Crippen molar-refractivity contribution < 1.29 is 13.2 Å². The second kappa shape index (κ2) is 11.0. The quantitative estimate of drug-likeness (QED) is 0.326. The van der Waals surface area contributed by atoms with E-state index in [2.05, 4.69) is 20.3 Å². The predicted molar refractivity (Wildman–Crippen MR) is 112 cm³/mol. The summed E-state index contributed by atoms with van der Waals surface area (Å²) in [5.41, 5.74) is 2.02. The molecule has 0 bridgehead atoms. The fourth-order valence-corrected chi connectivity index (χ4v) is 3.48. The summed E-state index contributed by atoms with van der Waals surface area (Å²) in [6.07, 6.45) is 0. The number of aliphatic imine (C=N–C) groups is 1. The molecule has 0 saturated carbocycles. The molecule has 0 spiro atoms. The van der Waals surface area contributed by atoms with Crippen LogP contribution in [0.4, 0.5) is 0 Å². The molecule has 152 valence electrons. The molecule has 0 aliphatic rings. The van der Waals surface area contributed by atoms with E-state index in [1.807, 2.05) is 24.3 Å². The molecule has 0 radical (unpaired) electrons. The number of guanidine groups is 1. The summed E-state index contributed by atoms with van der Waals surface area (Å²) < 4.78 is 31.6. The Labute approximate surface area is 171 Å². The molecular weight excluding hydrogens is 400 g/mol. The molecule has 0 aromatic heterocycles. The van der Waals surface area contributed by atoms with Gasteiger partial charge in [0.15, 0.2) is 5.96 Å². The molecule has 0 aliphatic heterocycles. The van der Waals surface area contributed by atoms with Gasteiger partial charge in [-0.15, -0.1) is 0 Å². The van der Waals surface area contributed by atoms with Gasteiger partial charge in [0, 0.05) is 38.8 Å². The third kappa shape index (κ3) is 7.12. The van der Waals surface area contributed by atoms with E-state index < -0.39 is 10.0 Å². The summed E-state index contributed by atoms with van der Waals surface area (Å²) in [4.78, 5) is 4.40. The average Bonchev–Trinajstić information content (AvgIpc) is 2.70. The van der Waals surface area contributed by atoms with Crippen LogP contribution in [-0.2, 0) is 27.8 Å². The van der Waals surface area contributed by atoms with Gasteiger partial charge in [-0.1, -0.05) is 35.9 Å². The molecule has 0 saturated heterocycles. The first-order valence-corrected chi connectivity index (χ1v) is 10.6. The van der Waals surface area contributed by atoms with Gasteiger partial charge in [-0.3, -0.25) is 4.99 Å². The van der Waals surface area contributed by atoms with Gasteiger partial charge in [0.2, 0.25) is 10.0 Å². The Morgan fingerprint density at radius 2 is 1.54 bits per heavy atom. The van der Waals surface area contributed by atoms with Crippen molar-refractivity contribution in [3.8, 4) is 0 Å². The van der Waals surface area contributed by atoms with Crippen molar-refractivity contribution in [2.75, 3.05) is 27.3 Å². The number of nitrogens with one attached hydrogen (secondary N) is 3. The fraction of sp³-hybridized carbons (Fsp3) is 0.316. The Hall–Kier alpha value is -2.13. The smallest absolute Gasteiger partial charge is 0.240 e. The first-order chi connectivity index (χ1) is 13.4. The van der Waals surface area contributed by atoms with Gasteiger partial charge in [0.25, 0.3) is 0 Å². The van der Waals surface area contributed by atoms with E-state index in [-0.39, 0.29) is 11.4 Å². The summed E-state index contributed by atoms with van der Waals surface area (Å²) >= 11 is 5.89. The summed E-state index contributed by atoms with van der Waals surface area (Å²) in [6, 6.07) is 14.3. The van der Waals surface area contributed by atoms with Gasteiger partial charge in [-0.25, -0.2) is 13.1 Å². The third-order valence-electron chi connectivity index (χ3n) is 3.89. The van der Waals surface area contributed by atoms with Crippen molar-refractivity contribution in [1.82, 2.24) is 15.4 Å². The van der Waals surface area contributed by atoms with Crippen molar-refractivity contribution in [3.05, 3.63) is 64.7 Å². The molecule has 3 N–H and O–H groups in total. The lowest BCUT2D eigenvalue weighted by Gasteiger charge is -2.12. The van der Waals surface area contributed by atoms with Crippen LogP contribution in [-0.4, -0.2) is 41.7 Å². The normalized spacial score (nSPS) is 12.0. The molecule has 0 unspecified atom stereocenters. The van der Waals surface area contributed by atoms with Gasteiger partial charge in [0.1, 0.15) is 0 Å². The molecule has 0 atom stereocenters. The van der Waals surface area contributed by atoms with Crippen LogP contribution in [0.2, 0.25) is 5.02 Å². The minimum Gasteiger partial charge on any atom is -0.383 e. The molecule has 2 rings (SSSR count). The molecule has 2 aromatic carbocycles. The molecule has 0 amide bonds. The molecule has 28 heavy (non-hydrogen) atoms. The Morgan fingerprint density at radius 3 is 2.04 bits per heavy atom. The zero-order valence-corrected chi connectivity index (χ0v) is 17.5. The fourth-order valence-electron chi connectivity index (χ4n) is 2.34. The SMILES string of the molecule is CN=C(NCc1ccc(Cl)cc1)NCc1ccc(S(=O)(=O)NCCOC)cc1. The Morgan fingerprint density at radius 1 is 1.00 bits per heavy atom. The van der Waals surface area contributed by atoms with Crippen molar-refractivity contribution in [2.45, 2.75) is 18.0 Å². The van der Waals surface area contributed by atoms with Crippen LogP contribution in [0.15, 0.2) is 58.4 Å². The van der Waals surface area contributed by atoms with E-state index >= 15 is 0 Å². The number of methoxy groups -OCH3 is 1. The number of benzene rings is 2. The van der Waals surface area contributed by atoms with Crippen LogP contribution in [0.1, 0.15) is 11.1 Å². The molecular formula is C19H25ClN4O3S.